The molecule has 0 amide bonds. The molecule has 0 aromatic heterocycles. The zero-order chi connectivity index (χ0) is 10.6. The average molecular weight is 259 g/mol. The highest BCUT2D eigenvalue weighted by Gasteiger charge is 2.06. The summed E-state index contributed by atoms with van der Waals surface area (Å²) in [5.41, 5.74) is 0.918. The van der Waals surface area contributed by atoms with Gasteiger partial charge in [-0.05, 0) is 6.07 Å². The molecule has 1 aromatic carbocycles. The molecule has 0 bridgehead atoms. The predicted octanol–water partition coefficient (Wildman–Crippen LogP) is 2.52. The first-order chi connectivity index (χ1) is 6.67. The number of hydrogen-bond acceptors (Lipinski definition) is 3. The van der Waals surface area contributed by atoms with Crippen LogP contribution in [0.2, 0.25) is 0 Å². The van der Waals surface area contributed by atoms with Gasteiger partial charge < -0.3 is 9.47 Å². The standard InChI is InChI=1S/C10H11BrO3/c1-7(12)14-10-5-9(13-2)4-3-8(10)6-11/h3-5H,6H2,1-2H3. The van der Waals surface area contributed by atoms with Crippen molar-refractivity contribution >= 4 is 21.9 Å². The number of rotatable bonds is 3. The Bertz CT molecular complexity index is 336. The van der Waals surface area contributed by atoms with Crippen LogP contribution in [0, 0.1) is 0 Å². The number of carbonyl (C=O) groups is 1. The fourth-order valence-corrected chi connectivity index (χ4v) is 1.49. The van der Waals surface area contributed by atoms with Gasteiger partial charge in [-0.2, -0.15) is 0 Å². The van der Waals surface area contributed by atoms with E-state index in [4.69, 9.17) is 9.47 Å². The largest absolute Gasteiger partial charge is 0.497 e. The van der Waals surface area contributed by atoms with E-state index >= 15 is 0 Å². The molecular weight excluding hydrogens is 248 g/mol. The maximum absolute atomic E-state index is 10.8. The molecule has 1 aromatic rings. The van der Waals surface area contributed by atoms with Crippen molar-refractivity contribution in [2.24, 2.45) is 0 Å². The minimum absolute atomic E-state index is 0.333. The van der Waals surface area contributed by atoms with Crippen molar-refractivity contribution in [3.8, 4) is 11.5 Å². The highest BCUT2D eigenvalue weighted by atomic mass is 79.9. The van der Waals surface area contributed by atoms with Gasteiger partial charge in [0, 0.05) is 23.9 Å². The summed E-state index contributed by atoms with van der Waals surface area (Å²) in [6.45, 7) is 1.37. The molecule has 76 valence electrons. The summed E-state index contributed by atoms with van der Waals surface area (Å²) in [4.78, 5) is 10.8. The van der Waals surface area contributed by atoms with E-state index in [1.54, 1.807) is 13.2 Å². The Balaban J connectivity index is 3.01. The molecule has 3 nitrogen and oxygen atoms in total. The molecule has 0 radical (unpaired) electrons. The molecule has 0 saturated heterocycles. The molecule has 14 heavy (non-hydrogen) atoms. The Morgan fingerprint density at radius 1 is 1.50 bits per heavy atom. The lowest BCUT2D eigenvalue weighted by atomic mass is 10.2. The van der Waals surface area contributed by atoms with Crippen molar-refractivity contribution in [1.82, 2.24) is 0 Å². The van der Waals surface area contributed by atoms with Crippen LogP contribution in [-0.4, -0.2) is 13.1 Å². The van der Waals surface area contributed by atoms with Crippen LogP contribution in [0.3, 0.4) is 0 Å². The summed E-state index contributed by atoms with van der Waals surface area (Å²) in [5, 5.41) is 0.638. The Kier molecular flexibility index (Phi) is 3.95. The lowest BCUT2D eigenvalue weighted by Crippen LogP contribution is -2.03. The van der Waals surface area contributed by atoms with Gasteiger partial charge in [-0.3, -0.25) is 4.79 Å². The van der Waals surface area contributed by atoms with Gasteiger partial charge in [-0.15, -0.1) is 0 Å². The number of methoxy groups -OCH3 is 1. The Morgan fingerprint density at radius 3 is 2.71 bits per heavy atom. The van der Waals surface area contributed by atoms with Gasteiger partial charge in [0.1, 0.15) is 11.5 Å². The van der Waals surface area contributed by atoms with Gasteiger partial charge in [-0.1, -0.05) is 22.0 Å². The maximum Gasteiger partial charge on any atom is 0.308 e. The van der Waals surface area contributed by atoms with Gasteiger partial charge >= 0.3 is 5.97 Å². The van der Waals surface area contributed by atoms with Crippen LogP contribution in [0.15, 0.2) is 18.2 Å². The average Bonchev–Trinajstić information content (AvgIpc) is 2.16. The topological polar surface area (TPSA) is 35.5 Å². The minimum atomic E-state index is -0.333. The van der Waals surface area contributed by atoms with Crippen LogP contribution < -0.4 is 9.47 Å². The molecule has 0 fully saturated rings. The third-order valence-corrected chi connectivity index (χ3v) is 2.28. The maximum atomic E-state index is 10.8. The summed E-state index contributed by atoms with van der Waals surface area (Å²) in [6.07, 6.45) is 0. The number of ether oxygens (including phenoxy) is 2. The van der Waals surface area contributed by atoms with Gasteiger partial charge in [0.25, 0.3) is 0 Å². The molecule has 0 saturated carbocycles. The molecule has 0 aliphatic rings. The second-order valence-corrected chi connectivity index (χ2v) is 3.26. The lowest BCUT2D eigenvalue weighted by molar-refractivity contribution is -0.131. The quantitative estimate of drug-likeness (QED) is 0.475. The number of hydrogen-bond donors (Lipinski definition) is 0. The van der Waals surface area contributed by atoms with Crippen LogP contribution in [0.25, 0.3) is 0 Å². The molecule has 0 unspecified atom stereocenters. The van der Waals surface area contributed by atoms with Crippen LogP contribution >= 0.6 is 15.9 Å². The number of carbonyl (C=O) groups excluding carboxylic acids is 1. The molecule has 0 aliphatic carbocycles. The van der Waals surface area contributed by atoms with Gasteiger partial charge in [0.05, 0.1) is 7.11 Å². The smallest absolute Gasteiger partial charge is 0.308 e. The monoisotopic (exact) mass is 258 g/mol. The minimum Gasteiger partial charge on any atom is -0.497 e. The van der Waals surface area contributed by atoms with Crippen molar-refractivity contribution in [2.75, 3.05) is 7.11 Å². The second-order valence-electron chi connectivity index (χ2n) is 2.70. The molecule has 1 rings (SSSR count). The fourth-order valence-electron chi connectivity index (χ4n) is 1.02. The first kappa shape index (κ1) is 11.0. The van der Waals surface area contributed by atoms with E-state index in [0.29, 0.717) is 16.8 Å². The molecule has 0 heterocycles. The second kappa shape index (κ2) is 5.00. The van der Waals surface area contributed by atoms with E-state index in [2.05, 4.69) is 15.9 Å². The molecule has 0 atom stereocenters. The Hall–Kier alpha value is -1.03. The molecular formula is C10H11BrO3. The van der Waals surface area contributed by atoms with Crippen molar-refractivity contribution in [1.29, 1.82) is 0 Å². The van der Waals surface area contributed by atoms with Gasteiger partial charge in [-0.25, -0.2) is 0 Å². The molecule has 0 N–H and O–H groups in total. The summed E-state index contributed by atoms with van der Waals surface area (Å²) in [6, 6.07) is 5.37. The first-order valence-corrected chi connectivity index (χ1v) is 5.21. The van der Waals surface area contributed by atoms with Crippen molar-refractivity contribution in [3.63, 3.8) is 0 Å². The van der Waals surface area contributed by atoms with Crippen LogP contribution in [0.5, 0.6) is 11.5 Å². The number of benzene rings is 1. The van der Waals surface area contributed by atoms with Gasteiger partial charge in [0.15, 0.2) is 0 Å². The number of alkyl halides is 1. The van der Waals surface area contributed by atoms with Crippen molar-refractivity contribution in [2.45, 2.75) is 12.3 Å². The molecule has 0 aliphatic heterocycles. The summed E-state index contributed by atoms with van der Waals surface area (Å²) in [7, 11) is 1.57. The number of halogens is 1. The van der Waals surface area contributed by atoms with E-state index in [1.165, 1.54) is 6.92 Å². The number of esters is 1. The van der Waals surface area contributed by atoms with E-state index in [0.717, 1.165) is 5.56 Å². The predicted molar refractivity (Wildman–Crippen MR) is 56.9 cm³/mol. The summed E-state index contributed by atoms with van der Waals surface area (Å²) in [5.74, 6) is 0.875. The Labute approximate surface area is 91.1 Å². The van der Waals surface area contributed by atoms with Gasteiger partial charge in [0.2, 0.25) is 0 Å². The first-order valence-electron chi connectivity index (χ1n) is 4.08. The third-order valence-electron chi connectivity index (χ3n) is 1.67. The van der Waals surface area contributed by atoms with Crippen molar-refractivity contribution < 1.29 is 14.3 Å². The van der Waals surface area contributed by atoms with Crippen LogP contribution in [-0.2, 0) is 10.1 Å². The molecule has 4 heteroatoms. The SMILES string of the molecule is COc1ccc(CBr)c(OC(C)=O)c1. The highest BCUT2D eigenvalue weighted by Crippen LogP contribution is 2.26. The van der Waals surface area contributed by atoms with Crippen LogP contribution in [0.4, 0.5) is 0 Å². The van der Waals surface area contributed by atoms with E-state index < -0.39 is 0 Å². The molecule has 0 spiro atoms. The summed E-state index contributed by atoms with van der Waals surface area (Å²) < 4.78 is 10.1. The van der Waals surface area contributed by atoms with E-state index in [1.807, 2.05) is 12.1 Å². The normalized spacial score (nSPS) is 9.64. The van der Waals surface area contributed by atoms with Crippen LogP contribution in [0.1, 0.15) is 12.5 Å². The third kappa shape index (κ3) is 2.73. The van der Waals surface area contributed by atoms with E-state index in [-0.39, 0.29) is 5.97 Å². The zero-order valence-electron chi connectivity index (χ0n) is 8.04. The van der Waals surface area contributed by atoms with Crippen molar-refractivity contribution in [3.05, 3.63) is 23.8 Å². The summed E-state index contributed by atoms with van der Waals surface area (Å²) >= 11 is 3.31. The highest BCUT2D eigenvalue weighted by molar-refractivity contribution is 9.08. The lowest BCUT2D eigenvalue weighted by Gasteiger charge is -2.08. The Morgan fingerprint density at radius 2 is 2.21 bits per heavy atom. The zero-order valence-corrected chi connectivity index (χ0v) is 9.63. The fraction of sp³-hybridized carbons (Fsp3) is 0.300. The van der Waals surface area contributed by atoms with E-state index in [9.17, 15) is 4.79 Å².